The van der Waals surface area contributed by atoms with E-state index in [-0.39, 0.29) is 18.8 Å². The van der Waals surface area contributed by atoms with E-state index < -0.39 is 5.97 Å². The van der Waals surface area contributed by atoms with Crippen molar-refractivity contribution in [2.75, 3.05) is 0 Å². The lowest BCUT2D eigenvalue weighted by Gasteiger charge is -1.92. The monoisotopic (exact) mass is 290 g/mol. The number of carboxylic acid groups (broad SMARTS) is 1. The van der Waals surface area contributed by atoms with E-state index in [1.54, 1.807) is 10.6 Å². The molecule has 80 valence electrons. The summed E-state index contributed by atoms with van der Waals surface area (Å²) in [5.41, 5.74) is 1.30. The first-order valence-electron chi connectivity index (χ1n) is 4.01. The van der Waals surface area contributed by atoms with Crippen LogP contribution in [0, 0.1) is 0 Å². The smallest absolute Gasteiger partial charge is 0.309 e. The van der Waals surface area contributed by atoms with Crippen LogP contribution in [0.3, 0.4) is 0 Å². The quantitative estimate of drug-likeness (QED) is 0.922. The van der Waals surface area contributed by atoms with Gasteiger partial charge in [-0.2, -0.15) is 0 Å². The predicted octanol–water partition coefficient (Wildman–Crippen LogP) is 2.15. The van der Waals surface area contributed by atoms with E-state index in [1.807, 2.05) is 18.3 Å². The summed E-state index contributed by atoms with van der Waals surface area (Å²) in [4.78, 5) is 14.7. The van der Waals surface area contributed by atoms with Crippen molar-refractivity contribution in [3.63, 3.8) is 0 Å². The molecule has 0 aliphatic carbocycles. The fourth-order valence-electron chi connectivity index (χ4n) is 1.27. The molecule has 0 aromatic carbocycles. The summed E-state index contributed by atoms with van der Waals surface area (Å²) in [6.45, 7) is 0. The third-order valence-electron chi connectivity index (χ3n) is 1.82. The number of carboxylic acids is 1. The predicted molar refractivity (Wildman–Crippen MR) is 61.5 cm³/mol. The summed E-state index contributed by atoms with van der Waals surface area (Å²) in [5.74, 6) is -0.871. The lowest BCUT2D eigenvalue weighted by molar-refractivity contribution is -0.136. The van der Waals surface area contributed by atoms with Gasteiger partial charge in [0.05, 0.1) is 16.6 Å². The van der Waals surface area contributed by atoms with Gasteiger partial charge in [0.1, 0.15) is 0 Å². The van der Waals surface area contributed by atoms with E-state index in [2.05, 4.69) is 20.9 Å². The second kappa shape index (κ2) is 4.63. The molecule has 15 heavy (non-hydrogen) atoms. The summed E-state index contributed by atoms with van der Waals surface area (Å²) < 4.78 is 2.65. The van der Waals surface area contributed by atoms with Crippen LogP contribution in [0.5, 0.6) is 0 Å². The Kier molecular flexibility index (Phi) is 3.71. The average Bonchev–Trinajstić information content (AvgIpc) is 2.47. The Morgan fingerprint density at radius 2 is 2.33 bits per heavy atom. The van der Waals surface area contributed by atoms with Crippen molar-refractivity contribution in [3.05, 3.63) is 34.7 Å². The number of fused-ring (bicyclic) bond motifs is 1. The molecule has 6 heteroatoms. The molecule has 4 nitrogen and oxygen atoms in total. The molecule has 0 saturated carbocycles. The van der Waals surface area contributed by atoms with Crippen LogP contribution in [0.15, 0.2) is 29.0 Å². The van der Waals surface area contributed by atoms with Crippen LogP contribution in [-0.2, 0) is 11.2 Å². The number of pyridine rings is 1. The molecule has 0 aliphatic heterocycles. The molecule has 0 fully saturated rings. The fraction of sp³-hybridized carbons (Fsp3) is 0.111. The van der Waals surface area contributed by atoms with Crippen molar-refractivity contribution < 1.29 is 9.90 Å². The van der Waals surface area contributed by atoms with E-state index in [4.69, 9.17) is 5.11 Å². The standard InChI is InChI=1S/C9H7BrN2O2.ClH/c10-7-2-1-3-12-5-6(4-8(13)14)11-9(7)12;/h1-3,5H,4H2,(H,13,14);1H. The van der Waals surface area contributed by atoms with Gasteiger partial charge in [0, 0.05) is 12.4 Å². The summed E-state index contributed by atoms with van der Waals surface area (Å²) in [5, 5.41) is 8.60. The molecule has 2 aromatic heterocycles. The average molecular weight is 292 g/mol. The highest BCUT2D eigenvalue weighted by Gasteiger charge is 2.07. The van der Waals surface area contributed by atoms with Crippen molar-refractivity contribution in [1.29, 1.82) is 0 Å². The molecule has 1 N–H and O–H groups in total. The van der Waals surface area contributed by atoms with Crippen LogP contribution in [0.4, 0.5) is 0 Å². The highest BCUT2D eigenvalue weighted by molar-refractivity contribution is 9.10. The molecule has 0 saturated heterocycles. The summed E-state index contributed by atoms with van der Waals surface area (Å²) in [6, 6.07) is 3.73. The normalized spacial score (nSPS) is 9.93. The van der Waals surface area contributed by atoms with E-state index in [0.29, 0.717) is 5.69 Å². The van der Waals surface area contributed by atoms with Gasteiger partial charge in [-0.1, -0.05) is 0 Å². The molecular weight excluding hydrogens is 283 g/mol. The van der Waals surface area contributed by atoms with Gasteiger partial charge in [-0.15, -0.1) is 12.4 Å². The van der Waals surface area contributed by atoms with Crippen molar-refractivity contribution in [2.24, 2.45) is 0 Å². The SMILES string of the molecule is Cl.O=C(O)Cc1cn2cccc(Br)c2n1. The molecule has 0 unspecified atom stereocenters. The molecule has 0 radical (unpaired) electrons. The number of carbonyl (C=O) groups is 1. The molecule has 0 aliphatic rings. The van der Waals surface area contributed by atoms with Gasteiger partial charge in [-0.25, -0.2) is 4.98 Å². The van der Waals surface area contributed by atoms with Gasteiger partial charge in [-0.3, -0.25) is 4.79 Å². The van der Waals surface area contributed by atoms with Crippen LogP contribution in [0.1, 0.15) is 5.69 Å². The number of hydrogen-bond acceptors (Lipinski definition) is 2. The number of rotatable bonds is 2. The van der Waals surface area contributed by atoms with Gasteiger partial charge in [-0.05, 0) is 28.1 Å². The fourth-order valence-corrected chi connectivity index (χ4v) is 1.72. The Bertz CT molecular complexity index is 498. The molecule has 2 heterocycles. The van der Waals surface area contributed by atoms with E-state index in [0.717, 1.165) is 10.1 Å². The van der Waals surface area contributed by atoms with E-state index in [9.17, 15) is 4.79 Å². The number of nitrogens with zero attached hydrogens (tertiary/aromatic N) is 2. The van der Waals surface area contributed by atoms with Gasteiger partial charge >= 0.3 is 5.97 Å². The van der Waals surface area contributed by atoms with Crippen LogP contribution >= 0.6 is 28.3 Å². The van der Waals surface area contributed by atoms with Crippen molar-refractivity contribution >= 4 is 40.0 Å². The van der Waals surface area contributed by atoms with Crippen molar-refractivity contribution in [3.8, 4) is 0 Å². The molecule has 0 bridgehead atoms. The van der Waals surface area contributed by atoms with E-state index >= 15 is 0 Å². The Balaban J connectivity index is 0.00000112. The highest BCUT2D eigenvalue weighted by atomic mass is 79.9. The molecular formula is C9H8BrClN2O2. The summed E-state index contributed by atoms with van der Waals surface area (Å²) in [7, 11) is 0. The van der Waals surface area contributed by atoms with Crippen LogP contribution in [0.25, 0.3) is 5.65 Å². The Hall–Kier alpha value is -1.07. The Morgan fingerprint density at radius 1 is 1.60 bits per heavy atom. The third-order valence-corrected chi connectivity index (χ3v) is 2.44. The van der Waals surface area contributed by atoms with Gasteiger partial charge in [0.15, 0.2) is 5.65 Å². The van der Waals surface area contributed by atoms with Gasteiger partial charge in [0.2, 0.25) is 0 Å². The topological polar surface area (TPSA) is 54.6 Å². The first kappa shape index (κ1) is 12.0. The first-order valence-corrected chi connectivity index (χ1v) is 4.80. The Labute approximate surface area is 100 Å². The number of aliphatic carboxylic acids is 1. The van der Waals surface area contributed by atoms with Crippen molar-refractivity contribution in [1.82, 2.24) is 9.38 Å². The zero-order valence-corrected chi connectivity index (χ0v) is 9.96. The molecule has 0 spiro atoms. The summed E-state index contributed by atoms with van der Waals surface area (Å²) >= 11 is 3.35. The van der Waals surface area contributed by atoms with Crippen molar-refractivity contribution in [2.45, 2.75) is 6.42 Å². The zero-order valence-electron chi connectivity index (χ0n) is 7.55. The maximum absolute atomic E-state index is 10.5. The molecule has 0 atom stereocenters. The van der Waals surface area contributed by atoms with Gasteiger partial charge in [0.25, 0.3) is 0 Å². The number of halogens is 2. The molecule has 0 amide bonds. The maximum atomic E-state index is 10.5. The lowest BCUT2D eigenvalue weighted by atomic mass is 10.3. The first-order chi connectivity index (χ1) is 6.66. The second-order valence-electron chi connectivity index (χ2n) is 2.89. The van der Waals surface area contributed by atoms with Crippen LogP contribution < -0.4 is 0 Å². The van der Waals surface area contributed by atoms with Crippen LogP contribution in [0.2, 0.25) is 0 Å². The highest BCUT2D eigenvalue weighted by Crippen LogP contribution is 2.16. The largest absolute Gasteiger partial charge is 0.481 e. The summed E-state index contributed by atoms with van der Waals surface area (Å²) in [6.07, 6.45) is 3.50. The Morgan fingerprint density at radius 3 is 2.93 bits per heavy atom. The number of aromatic nitrogens is 2. The van der Waals surface area contributed by atoms with Crippen LogP contribution in [-0.4, -0.2) is 20.5 Å². The molecule has 2 rings (SSSR count). The number of imidazole rings is 1. The van der Waals surface area contributed by atoms with Gasteiger partial charge < -0.3 is 9.51 Å². The lowest BCUT2D eigenvalue weighted by Crippen LogP contribution is -1.99. The zero-order chi connectivity index (χ0) is 10.1. The third kappa shape index (κ3) is 2.49. The maximum Gasteiger partial charge on any atom is 0.309 e. The van der Waals surface area contributed by atoms with E-state index in [1.165, 1.54) is 0 Å². The minimum Gasteiger partial charge on any atom is -0.481 e. The molecule has 2 aromatic rings. The number of hydrogen-bond donors (Lipinski definition) is 1. The minimum absolute atomic E-state index is 0. The minimum atomic E-state index is -0.871. The second-order valence-corrected chi connectivity index (χ2v) is 3.74.